The van der Waals surface area contributed by atoms with Gasteiger partial charge >= 0.3 is 0 Å². The second-order valence-electron chi connectivity index (χ2n) is 15.5. The van der Waals surface area contributed by atoms with Gasteiger partial charge in [0.25, 0.3) is 0 Å². The highest BCUT2D eigenvalue weighted by molar-refractivity contribution is 6.25. The molecule has 278 valence electrons. The van der Waals surface area contributed by atoms with E-state index >= 15 is 0 Å². The Balaban J connectivity index is 1.11. The first-order chi connectivity index (χ1) is 29.7. The smallest absolute Gasteiger partial charge is 0.145 e. The largest absolute Gasteiger partial charge is 0.455 e. The molecule has 60 heavy (non-hydrogen) atoms. The molecule has 0 radical (unpaired) electrons. The third-order valence-corrected chi connectivity index (χ3v) is 12.4. The lowest BCUT2D eigenvalue weighted by Crippen LogP contribution is -2.01. The van der Waals surface area contributed by atoms with Crippen LogP contribution in [0.4, 0.5) is 0 Å². The van der Waals surface area contributed by atoms with Crippen LogP contribution in [0.2, 0.25) is 0 Å². The van der Waals surface area contributed by atoms with E-state index in [1.807, 2.05) is 42.5 Å². The minimum atomic E-state index is 0.644. The van der Waals surface area contributed by atoms with Gasteiger partial charge in [-0.1, -0.05) is 115 Å². The molecule has 0 aliphatic rings. The first-order valence-electron chi connectivity index (χ1n) is 20.1. The number of rotatable bonds is 4. The number of hydrogen-bond donors (Lipinski definition) is 0. The highest BCUT2D eigenvalue weighted by Gasteiger charge is 2.23. The van der Waals surface area contributed by atoms with E-state index < -0.39 is 0 Å². The molecule has 0 fully saturated rings. The van der Waals surface area contributed by atoms with Gasteiger partial charge in [-0.15, -0.1) is 0 Å². The summed E-state index contributed by atoms with van der Waals surface area (Å²) in [5.41, 5.74) is 14.9. The molecule has 5 nitrogen and oxygen atoms in total. The monoisotopic (exact) mass is 765 g/mol. The lowest BCUT2D eigenvalue weighted by atomic mass is 9.98. The molecule has 13 rings (SSSR count). The van der Waals surface area contributed by atoms with Gasteiger partial charge in [-0.2, -0.15) is 5.26 Å². The zero-order valence-electron chi connectivity index (χ0n) is 32.1. The normalized spacial score (nSPS) is 12.0. The summed E-state index contributed by atoms with van der Waals surface area (Å²) in [5.74, 6) is 0. The number of benzene rings is 9. The summed E-state index contributed by atoms with van der Waals surface area (Å²) < 4.78 is 18.1. The molecule has 0 saturated carbocycles. The van der Waals surface area contributed by atoms with Gasteiger partial charge in [0.05, 0.1) is 50.2 Å². The van der Waals surface area contributed by atoms with Crippen molar-refractivity contribution >= 4 is 87.5 Å². The number of nitriles is 1. The van der Waals surface area contributed by atoms with Crippen molar-refractivity contribution in [2.45, 2.75) is 0 Å². The quantitative estimate of drug-likeness (QED) is 0.179. The standard InChI is InChI=1S/C55H31N3O2/c56-32-33-10-9-11-36(30-33)34-20-22-35(23-21-34)38-25-24-37(57-45-16-5-1-14-43(45)52-47(57)28-26-41-39-12-3-7-18-50(39)59-54(41)52)31-49(38)58-46-17-6-2-15-44(46)53-48(58)29-27-42-40-13-4-8-19-51(40)60-55(42)53/h1-31H. The summed E-state index contributed by atoms with van der Waals surface area (Å²) in [6, 6.07) is 68.3. The zero-order valence-corrected chi connectivity index (χ0v) is 32.1. The van der Waals surface area contributed by atoms with Crippen molar-refractivity contribution in [2.75, 3.05) is 0 Å². The van der Waals surface area contributed by atoms with Crippen LogP contribution in [0, 0.1) is 11.3 Å². The van der Waals surface area contributed by atoms with Crippen molar-refractivity contribution in [3.8, 4) is 39.7 Å². The van der Waals surface area contributed by atoms with Crippen LogP contribution in [0.15, 0.2) is 197 Å². The first kappa shape index (κ1) is 32.7. The van der Waals surface area contributed by atoms with Gasteiger partial charge < -0.3 is 18.0 Å². The summed E-state index contributed by atoms with van der Waals surface area (Å²) in [7, 11) is 0. The van der Waals surface area contributed by atoms with E-state index in [0.29, 0.717) is 5.56 Å². The first-order valence-corrected chi connectivity index (χ1v) is 20.1. The van der Waals surface area contributed by atoms with Gasteiger partial charge in [-0.05, 0) is 89.5 Å². The average Bonchev–Trinajstić information content (AvgIpc) is 4.06. The summed E-state index contributed by atoms with van der Waals surface area (Å²) in [5, 5.41) is 18.5. The zero-order chi connectivity index (χ0) is 39.5. The third-order valence-electron chi connectivity index (χ3n) is 12.4. The Morgan fingerprint density at radius 2 is 0.933 bits per heavy atom. The third kappa shape index (κ3) is 4.56. The molecule has 5 heteroatoms. The molecule has 9 aromatic carbocycles. The van der Waals surface area contributed by atoms with Gasteiger partial charge in [0.2, 0.25) is 0 Å². The number of para-hydroxylation sites is 4. The fourth-order valence-electron chi connectivity index (χ4n) is 9.71. The van der Waals surface area contributed by atoms with Gasteiger partial charge in [-0.25, -0.2) is 0 Å². The van der Waals surface area contributed by atoms with Crippen molar-refractivity contribution in [2.24, 2.45) is 0 Å². The van der Waals surface area contributed by atoms with Crippen LogP contribution in [0.3, 0.4) is 0 Å². The highest BCUT2D eigenvalue weighted by Crippen LogP contribution is 2.45. The maximum Gasteiger partial charge on any atom is 0.145 e. The molecule has 0 spiro atoms. The minimum Gasteiger partial charge on any atom is -0.455 e. The minimum absolute atomic E-state index is 0.644. The van der Waals surface area contributed by atoms with E-state index in [1.54, 1.807) is 0 Å². The molecule has 0 aliphatic carbocycles. The maximum atomic E-state index is 9.59. The van der Waals surface area contributed by atoms with Crippen molar-refractivity contribution in [3.63, 3.8) is 0 Å². The SMILES string of the molecule is N#Cc1cccc(-c2ccc(-c3ccc(-n4c5ccccc5c5c6oc7ccccc7c6ccc54)cc3-n3c4ccccc4c4c5oc6ccccc6c5ccc43)cc2)c1. The molecule has 0 saturated heterocycles. The Labute approximate surface area is 342 Å². The van der Waals surface area contributed by atoms with E-state index in [9.17, 15) is 5.26 Å². The van der Waals surface area contributed by atoms with E-state index in [4.69, 9.17) is 8.83 Å². The summed E-state index contributed by atoms with van der Waals surface area (Å²) in [4.78, 5) is 0. The van der Waals surface area contributed by atoms with Crippen LogP contribution < -0.4 is 0 Å². The summed E-state index contributed by atoms with van der Waals surface area (Å²) in [6.45, 7) is 0. The Morgan fingerprint density at radius 3 is 1.57 bits per heavy atom. The lowest BCUT2D eigenvalue weighted by molar-refractivity contribution is 0.672. The number of nitrogens with zero attached hydrogens (tertiary/aromatic N) is 3. The molecule has 13 aromatic rings. The Morgan fingerprint density at radius 1 is 0.383 bits per heavy atom. The molecule has 4 heterocycles. The average molecular weight is 766 g/mol. The van der Waals surface area contributed by atoms with Gasteiger partial charge in [0.15, 0.2) is 0 Å². The van der Waals surface area contributed by atoms with Crippen LogP contribution >= 0.6 is 0 Å². The Bertz CT molecular complexity index is 3960. The molecular weight excluding hydrogens is 735 g/mol. The van der Waals surface area contributed by atoms with E-state index in [1.165, 1.54) is 0 Å². The van der Waals surface area contributed by atoms with Crippen molar-refractivity contribution < 1.29 is 8.83 Å². The lowest BCUT2D eigenvalue weighted by Gasteiger charge is -2.18. The van der Waals surface area contributed by atoms with Crippen LogP contribution in [-0.2, 0) is 0 Å². The second-order valence-corrected chi connectivity index (χ2v) is 15.5. The predicted octanol–water partition coefficient (Wildman–Crippen LogP) is 14.9. The van der Waals surface area contributed by atoms with E-state index in [-0.39, 0.29) is 0 Å². The van der Waals surface area contributed by atoms with Crippen LogP contribution in [0.1, 0.15) is 5.56 Å². The van der Waals surface area contributed by atoms with Crippen molar-refractivity contribution in [1.29, 1.82) is 5.26 Å². The number of aromatic nitrogens is 2. The van der Waals surface area contributed by atoms with Crippen LogP contribution in [-0.4, -0.2) is 9.13 Å². The van der Waals surface area contributed by atoms with E-state index in [2.05, 4.69) is 161 Å². The van der Waals surface area contributed by atoms with Gasteiger partial charge in [0.1, 0.15) is 22.3 Å². The molecule has 4 aromatic heterocycles. The van der Waals surface area contributed by atoms with Crippen LogP contribution in [0.5, 0.6) is 0 Å². The maximum absolute atomic E-state index is 9.59. The van der Waals surface area contributed by atoms with E-state index in [0.717, 1.165) is 121 Å². The number of furan rings is 2. The van der Waals surface area contributed by atoms with Gasteiger partial charge in [0, 0.05) is 43.6 Å². The number of hydrogen-bond acceptors (Lipinski definition) is 3. The molecule has 0 N–H and O–H groups in total. The molecule has 0 aliphatic heterocycles. The fraction of sp³-hybridized carbons (Fsp3) is 0. The van der Waals surface area contributed by atoms with Crippen LogP contribution in [0.25, 0.3) is 121 Å². The Hall–Kier alpha value is -8.33. The van der Waals surface area contributed by atoms with Gasteiger partial charge in [-0.3, -0.25) is 0 Å². The van der Waals surface area contributed by atoms with Crippen molar-refractivity contribution in [1.82, 2.24) is 9.13 Å². The predicted molar refractivity (Wildman–Crippen MR) is 245 cm³/mol. The molecule has 0 bridgehead atoms. The summed E-state index contributed by atoms with van der Waals surface area (Å²) >= 11 is 0. The van der Waals surface area contributed by atoms with Crippen molar-refractivity contribution in [3.05, 3.63) is 194 Å². The second kappa shape index (κ2) is 12.3. The molecule has 0 amide bonds. The molecule has 0 atom stereocenters. The Kier molecular flexibility index (Phi) is 6.73. The highest BCUT2D eigenvalue weighted by atomic mass is 16.3. The summed E-state index contributed by atoms with van der Waals surface area (Å²) in [6.07, 6.45) is 0. The molecular formula is C55H31N3O2. The topological polar surface area (TPSA) is 59.9 Å². The molecule has 0 unspecified atom stereocenters. The fourth-order valence-corrected chi connectivity index (χ4v) is 9.71. The number of fused-ring (bicyclic) bond motifs is 14.